The highest BCUT2D eigenvalue weighted by Crippen LogP contribution is 1.98. The lowest BCUT2D eigenvalue weighted by atomic mass is 10.2. The number of aromatic nitrogens is 2. The number of carboxylic acid groups (broad SMARTS) is 1. The molecule has 1 aromatic heterocycles. The Morgan fingerprint density at radius 1 is 1.67 bits per heavy atom. The SMILES string of the molecule is CC(CCC(=O)O)NCc1ccncn1. The van der Waals surface area contributed by atoms with Gasteiger partial charge < -0.3 is 10.4 Å². The summed E-state index contributed by atoms with van der Waals surface area (Å²) >= 11 is 0. The fourth-order valence-corrected chi connectivity index (χ4v) is 1.14. The molecular weight excluding hydrogens is 194 g/mol. The van der Waals surface area contributed by atoms with Crippen LogP contribution in [0.4, 0.5) is 0 Å². The zero-order chi connectivity index (χ0) is 11.1. The molecule has 0 spiro atoms. The molecule has 82 valence electrons. The number of hydrogen-bond donors (Lipinski definition) is 2. The normalized spacial score (nSPS) is 12.3. The summed E-state index contributed by atoms with van der Waals surface area (Å²) in [6.07, 6.45) is 4.00. The van der Waals surface area contributed by atoms with E-state index in [0.717, 1.165) is 5.69 Å². The minimum atomic E-state index is -0.759. The minimum Gasteiger partial charge on any atom is -0.481 e. The summed E-state index contributed by atoms with van der Waals surface area (Å²) in [5, 5.41) is 11.7. The van der Waals surface area contributed by atoms with Crippen molar-refractivity contribution in [2.75, 3.05) is 0 Å². The highest BCUT2D eigenvalue weighted by atomic mass is 16.4. The quantitative estimate of drug-likeness (QED) is 0.725. The van der Waals surface area contributed by atoms with Gasteiger partial charge in [0.2, 0.25) is 0 Å². The van der Waals surface area contributed by atoms with E-state index in [4.69, 9.17) is 5.11 Å². The molecule has 1 heterocycles. The van der Waals surface area contributed by atoms with E-state index in [-0.39, 0.29) is 12.5 Å². The van der Waals surface area contributed by atoms with Crippen LogP contribution in [-0.4, -0.2) is 27.1 Å². The molecule has 0 aliphatic rings. The molecular formula is C10H15N3O2. The van der Waals surface area contributed by atoms with Gasteiger partial charge in [0.1, 0.15) is 6.33 Å². The molecule has 0 bridgehead atoms. The van der Waals surface area contributed by atoms with E-state index in [2.05, 4.69) is 15.3 Å². The van der Waals surface area contributed by atoms with Crippen LogP contribution in [0.3, 0.4) is 0 Å². The van der Waals surface area contributed by atoms with Crippen molar-refractivity contribution in [1.29, 1.82) is 0 Å². The first-order valence-electron chi connectivity index (χ1n) is 4.88. The van der Waals surface area contributed by atoms with Crippen molar-refractivity contribution >= 4 is 5.97 Å². The predicted molar refractivity (Wildman–Crippen MR) is 55.2 cm³/mol. The Bertz CT molecular complexity index is 303. The first-order valence-corrected chi connectivity index (χ1v) is 4.88. The summed E-state index contributed by atoms with van der Waals surface area (Å²) in [5.74, 6) is -0.759. The average molecular weight is 209 g/mol. The van der Waals surface area contributed by atoms with E-state index >= 15 is 0 Å². The van der Waals surface area contributed by atoms with Crippen molar-refractivity contribution in [1.82, 2.24) is 15.3 Å². The maximum absolute atomic E-state index is 10.3. The van der Waals surface area contributed by atoms with Gasteiger partial charge in [-0.05, 0) is 19.4 Å². The van der Waals surface area contributed by atoms with Crippen LogP contribution < -0.4 is 5.32 Å². The van der Waals surface area contributed by atoms with Gasteiger partial charge in [-0.2, -0.15) is 0 Å². The molecule has 1 atom stereocenters. The summed E-state index contributed by atoms with van der Waals surface area (Å²) in [4.78, 5) is 18.2. The number of nitrogens with zero attached hydrogens (tertiary/aromatic N) is 2. The number of hydrogen-bond acceptors (Lipinski definition) is 4. The lowest BCUT2D eigenvalue weighted by molar-refractivity contribution is -0.137. The second-order valence-corrected chi connectivity index (χ2v) is 3.42. The van der Waals surface area contributed by atoms with Gasteiger partial charge >= 0.3 is 5.97 Å². The van der Waals surface area contributed by atoms with Crippen LogP contribution in [-0.2, 0) is 11.3 Å². The lowest BCUT2D eigenvalue weighted by Crippen LogP contribution is -2.26. The van der Waals surface area contributed by atoms with Gasteiger partial charge in [-0.15, -0.1) is 0 Å². The molecule has 0 amide bonds. The number of aliphatic carboxylic acids is 1. The van der Waals surface area contributed by atoms with Crippen LogP contribution in [0.15, 0.2) is 18.6 Å². The summed E-state index contributed by atoms with van der Waals surface area (Å²) in [7, 11) is 0. The fourth-order valence-electron chi connectivity index (χ4n) is 1.14. The minimum absolute atomic E-state index is 0.177. The lowest BCUT2D eigenvalue weighted by Gasteiger charge is -2.11. The Kier molecular flexibility index (Phi) is 4.70. The van der Waals surface area contributed by atoms with E-state index in [1.54, 1.807) is 6.20 Å². The highest BCUT2D eigenvalue weighted by Gasteiger charge is 2.04. The molecule has 5 nitrogen and oxygen atoms in total. The van der Waals surface area contributed by atoms with E-state index in [1.807, 2.05) is 13.0 Å². The van der Waals surface area contributed by atoms with Gasteiger partial charge in [0.05, 0.1) is 5.69 Å². The van der Waals surface area contributed by atoms with Crippen molar-refractivity contribution in [3.05, 3.63) is 24.3 Å². The molecule has 0 aliphatic carbocycles. The molecule has 5 heteroatoms. The Morgan fingerprint density at radius 3 is 3.07 bits per heavy atom. The van der Waals surface area contributed by atoms with E-state index in [9.17, 15) is 4.79 Å². The van der Waals surface area contributed by atoms with Crippen LogP contribution in [0, 0.1) is 0 Å². The zero-order valence-corrected chi connectivity index (χ0v) is 8.68. The molecule has 1 rings (SSSR count). The third-order valence-electron chi connectivity index (χ3n) is 2.07. The van der Waals surface area contributed by atoms with Crippen molar-refractivity contribution in [3.63, 3.8) is 0 Å². The molecule has 0 saturated heterocycles. The van der Waals surface area contributed by atoms with Gasteiger partial charge in [-0.25, -0.2) is 9.97 Å². The van der Waals surface area contributed by atoms with Crippen LogP contribution in [0.1, 0.15) is 25.5 Å². The molecule has 0 radical (unpaired) electrons. The standard InChI is InChI=1S/C10H15N3O2/c1-8(2-3-10(14)15)12-6-9-4-5-11-7-13-9/h4-5,7-8,12H,2-3,6H2,1H3,(H,14,15). The Balaban J connectivity index is 2.22. The molecule has 0 aromatic carbocycles. The Hall–Kier alpha value is -1.49. The van der Waals surface area contributed by atoms with Gasteiger partial charge in [0, 0.05) is 25.2 Å². The fraction of sp³-hybridized carbons (Fsp3) is 0.500. The van der Waals surface area contributed by atoms with Gasteiger partial charge in [0.15, 0.2) is 0 Å². The van der Waals surface area contributed by atoms with Crippen LogP contribution in [0.5, 0.6) is 0 Å². The maximum Gasteiger partial charge on any atom is 0.303 e. The number of rotatable bonds is 6. The zero-order valence-electron chi connectivity index (χ0n) is 8.68. The summed E-state index contributed by atoms with van der Waals surface area (Å²) in [6.45, 7) is 2.60. The molecule has 1 aromatic rings. The third-order valence-corrected chi connectivity index (χ3v) is 2.07. The molecule has 2 N–H and O–H groups in total. The van der Waals surface area contributed by atoms with E-state index in [0.29, 0.717) is 13.0 Å². The maximum atomic E-state index is 10.3. The van der Waals surface area contributed by atoms with Gasteiger partial charge in [-0.3, -0.25) is 4.79 Å². The van der Waals surface area contributed by atoms with E-state index < -0.39 is 5.97 Å². The number of carboxylic acids is 1. The summed E-state index contributed by atoms with van der Waals surface area (Å²) in [5.41, 5.74) is 0.909. The third kappa shape index (κ3) is 5.07. The van der Waals surface area contributed by atoms with Crippen LogP contribution >= 0.6 is 0 Å². The number of carbonyl (C=O) groups is 1. The highest BCUT2D eigenvalue weighted by molar-refractivity contribution is 5.66. The molecule has 1 unspecified atom stereocenters. The average Bonchev–Trinajstić information content (AvgIpc) is 2.25. The monoisotopic (exact) mass is 209 g/mol. The smallest absolute Gasteiger partial charge is 0.303 e. The summed E-state index contributed by atoms with van der Waals surface area (Å²) in [6, 6.07) is 2.01. The van der Waals surface area contributed by atoms with Crippen molar-refractivity contribution < 1.29 is 9.90 Å². The first kappa shape index (κ1) is 11.6. The largest absolute Gasteiger partial charge is 0.481 e. The Labute approximate surface area is 88.6 Å². The molecule has 0 aliphatic heterocycles. The molecule has 0 fully saturated rings. The van der Waals surface area contributed by atoms with Crippen molar-refractivity contribution in [2.45, 2.75) is 32.4 Å². The second-order valence-electron chi connectivity index (χ2n) is 3.42. The van der Waals surface area contributed by atoms with Gasteiger partial charge in [-0.1, -0.05) is 0 Å². The Morgan fingerprint density at radius 2 is 2.47 bits per heavy atom. The topological polar surface area (TPSA) is 75.1 Å². The van der Waals surface area contributed by atoms with Crippen molar-refractivity contribution in [3.8, 4) is 0 Å². The van der Waals surface area contributed by atoms with Crippen molar-refractivity contribution in [2.24, 2.45) is 0 Å². The predicted octanol–water partition coefficient (Wildman–Crippen LogP) is 0.820. The molecule has 0 saturated carbocycles. The summed E-state index contributed by atoms with van der Waals surface area (Å²) < 4.78 is 0. The molecule has 15 heavy (non-hydrogen) atoms. The van der Waals surface area contributed by atoms with E-state index in [1.165, 1.54) is 6.33 Å². The van der Waals surface area contributed by atoms with Crippen LogP contribution in [0.25, 0.3) is 0 Å². The number of nitrogens with one attached hydrogen (secondary N) is 1. The van der Waals surface area contributed by atoms with Crippen LogP contribution in [0.2, 0.25) is 0 Å². The second kappa shape index (κ2) is 6.08. The van der Waals surface area contributed by atoms with Gasteiger partial charge in [0.25, 0.3) is 0 Å². The first-order chi connectivity index (χ1) is 7.18.